The van der Waals surface area contributed by atoms with Crippen molar-refractivity contribution in [2.75, 3.05) is 17.6 Å². The molecular weight excluding hydrogens is 222 g/mol. The quantitative estimate of drug-likeness (QED) is 0.800. The van der Waals surface area contributed by atoms with Gasteiger partial charge >= 0.3 is 0 Å². The number of benzene rings is 1. The molecule has 3 N–H and O–H groups in total. The zero-order valence-corrected chi connectivity index (χ0v) is 10.9. The first-order valence-electron chi connectivity index (χ1n) is 6.72. The molecule has 1 aliphatic carbocycles. The van der Waals surface area contributed by atoms with Crippen LogP contribution < -0.4 is 11.1 Å². The molecule has 0 amide bonds. The number of hydrogen-bond donors (Lipinski definition) is 2. The van der Waals surface area contributed by atoms with Crippen LogP contribution in [0.2, 0.25) is 0 Å². The average Bonchev–Trinajstić information content (AvgIpc) is 2.38. The van der Waals surface area contributed by atoms with Crippen LogP contribution in [0.4, 0.5) is 11.4 Å². The summed E-state index contributed by atoms with van der Waals surface area (Å²) < 4.78 is 0. The van der Waals surface area contributed by atoms with Crippen LogP contribution in [0, 0.1) is 23.2 Å². The fourth-order valence-corrected chi connectivity index (χ4v) is 2.57. The molecule has 0 bridgehead atoms. The second kappa shape index (κ2) is 5.77. The molecule has 0 saturated heterocycles. The van der Waals surface area contributed by atoms with Gasteiger partial charge < -0.3 is 11.1 Å². The third-order valence-corrected chi connectivity index (χ3v) is 3.90. The minimum Gasteiger partial charge on any atom is -0.398 e. The summed E-state index contributed by atoms with van der Waals surface area (Å²) in [6, 6.07) is 7.64. The highest BCUT2D eigenvalue weighted by molar-refractivity contribution is 5.62. The van der Waals surface area contributed by atoms with Gasteiger partial charge in [-0.1, -0.05) is 19.8 Å². The lowest BCUT2D eigenvalue weighted by Gasteiger charge is -2.26. The molecule has 1 aromatic rings. The van der Waals surface area contributed by atoms with Crippen molar-refractivity contribution in [2.24, 2.45) is 11.8 Å². The number of nitriles is 1. The van der Waals surface area contributed by atoms with Gasteiger partial charge in [0.05, 0.1) is 11.3 Å². The fourth-order valence-electron chi connectivity index (χ4n) is 2.57. The molecule has 1 saturated carbocycles. The monoisotopic (exact) mass is 243 g/mol. The maximum Gasteiger partial charge on any atom is 0.101 e. The van der Waals surface area contributed by atoms with E-state index in [-0.39, 0.29) is 0 Å². The number of nitrogens with two attached hydrogens (primary N) is 1. The summed E-state index contributed by atoms with van der Waals surface area (Å²) in [4.78, 5) is 0. The van der Waals surface area contributed by atoms with Crippen molar-refractivity contribution in [1.29, 1.82) is 5.26 Å². The Balaban J connectivity index is 1.87. The van der Waals surface area contributed by atoms with E-state index >= 15 is 0 Å². The number of nitrogen functional groups attached to an aromatic ring is 1. The van der Waals surface area contributed by atoms with Gasteiger partial charge in [-0.15, -0.1) is 0 Å². The van der Waals surface area contributed by atoms with Crippen molar-refractivity contribution in [2.45, 2.75) is 32.6 Å². The summed E-state index contributed by atoms with van der Waals surface area (Å²) in [6.07, 6.45) is 5.34. The van der Waals surface area contributed by atoms with E-state index in [1.165, 1.54) is 25.7 Å². The number of anilines is 2. The molecule has 1 aliphatic rings. The Hall–Kier alpha value is -1.69. The maximum absolute atomic E-state index is 8.82. The van der Waals surface area contributed by atoms with Crippen LogP contribution in [0.25, 0.3) is 0 Å². The van der Waals surface area contributed by atoms with E-state index < -0.39 is 0 Å². The summed E-state index contributed by atoms with van der Waals surface area (Å²) in [5, 5.41) is 12.2. The Kier molecular flexibility index (Phi) is 4.09. The highest BCUT2D eigenvalue weighted by atomic mass is 14.9. The zero-order chi connectivity index (χ0) is 13.0. The van der Waals surface area contributed by atoms with Crippen molar-refractivity contribution in [3.8, 4) is 6.07 Å². The standard InChI is InChI=1S/C15H21N3/c1-11-2-4-12(5-3-11)10-18-14-7-6-13(9-16)15(17)8-14/h6-8,11-12,18H,2-5,10,17H2,1H3. The highest BCUT2D eigenvalue weighted by Gasteiger charge is 2.17. The van der Waals surface area contributed by atoms with Gasteiger partial charge in [0.2, 0.25) is 0 Å². The Bertz CT molecular complexity index is 440. The topological polar surface area (TPSA) is 61.8 Å². The van der Waals surface area contributed by atoms with E-state index in [0.29, 0.717) is 11.3 Å². The molecule has 0 unspecified atom stereocenters. The van der Waals surface area contributed by atoms with Crippen LogP contribution in [0.5, 0.6) is 0 Å². The Labute approximate surface area is 109 Å². The SMILES string of the molecule is CC1CCC(CNc2ccc(C#N)c(N)c2)CC1. The molecule has 2 rings (SSSR count). The summed E-state index contributed by atoms with van der Waals surface area (Å²) in [5.74, 6) is 1.67. The first-order chi connectivity index (χ1) is 8.69. The van der Waals surface area contributed by atoms with Crippen LogP contribution in [-0.4, -0.2) is 6.54 Å². The van der Waals surface area contributed by atoms with E-state index in [0.717, 1.165) is 24.1 Å². The zero-order valence-electron chi connectivity index (χ0n) is 10.9. The predicted molar refractivity (Wildman–Crippen MR) is 75.2 cm³/mol. The Morgan fingerprint density at radius 1 is 1.33 bits per heavy atom. The van der Waals surface area contributed by atoms with Gasteiger partial charge in [-0.3, -0.25) is 0 Å². The summed E-state index contributed by atoms with van der Waals surface area (Å²) >= 11 is 0. The predicted octanol–water partition coefficient (Wildman–Crippen LogP) is 3.38. The highest BCUT2D eigenvalue weighted by Crippen LogP contribution is 2.28. The minimum absolute atomic E-state index is 0.548. The van der Waals surface area contributed by atoms with E-state index in [9.17, 15) is 0 Å². The van der Waals surface area contributed by atoms with E-state index in [4.69, 9.17) is 11.0 Å². The molecule has 1 aromatic carbocycles. The van der Waals surface area contributed by atoms with Crippen LogP contribution >= 0.6 is 0 Å². The summed E-state index contributed by atoms with van der Waals surface area (Å²) in [6.45, 7) is 3.35. The van der Waals surface area contributed by atoms with Crippen molar-refractivity contribution >= 4 is 11.4 Å². The number of nitrogens with one attached hydrogen (secondary N) is 1. The third-order valence-electron chi connectivity index (χ3n) is 3.90. The second-order valence-electron chi connectivity index (χ2n) is 5.42. The largest absolute Gasteiger partial charge is 0.398 e. The fraction of sp³-hybridized carbons (Fsp3) is 0.533. The molecule has 0 spiro atoms. The minimum atomic E-state index is 0.548. The number of rotatable bonds is 3. The van der Waals surface area contributed by atoms with Gasteiger partial charge in [0.25, 0.3) is 0 Å². The smallest absolute Gasteiger partial charge is 0.101 e. The van der Waals surface area contributed by atoms with Crippen LogP contribution in [0.1, 0.15) is 38.2 Å². The van der Waals surface area contributed by atoms with Gasteiger partial charge in [-0.25, -0.2) is 0 Å². The lowest BCUT2D eigenvalue weighted by molar-refractivity contribution is 0.300. The molecule has 3 heteroatoms. The van der Waals surface area contributed by atoms with Crippen molar-refractivity contribution in [3.05, 3.63) is 23.8 Å². The van der Waals surface area contributed by atoms with Gasteiger partial charge in [0.1, 0.15) is 6.07 Å². The summed E-state index contributed by atoms with van der Waals surface area (Å²) in [5.41, 5.74) is 7.92. The van der Waals surface area contributed by atoms with Gasteiger partial charge in [0, 0.05) is 12.2 Å². The third kappa shape index (κ3) is 3.16. The Morgan fingerprint density at radius 2 is 2.06 bits per heavy atom. The van der Waals surface area contributed by atoms with E-state index in [1.807, 2.05) is 12.1 Å². The molecule has 0 atom stereocenters. The van der Waals surface area contributed by atoms with Crippen LogP contribution in [0.3, 0.4) is 0 Å². The first-order valence-corrected chi connectivity index (χ1v) is 6.72. The molecule has 0 aliphatic heterocycles. The van der Waals surface area contributed by atoms with Crippen LogP contribution in [0.15, 0.2) is 18.2 Å². The first kappa shape index (κ1) is 12.8. The second-order valence-corrected chi connectivity index (χ2v) is 5.42. The molecule has 0 heterocycles. The average molecular weight is 243 g/mol. The van der Waals surface area contributed by atoms with Gasteiger partial charge in [-0.2, -0.15) is 5.26 Å². The maximum atomic E-state index is 8.82. The Morgan fingerprint density at radius 3 is 2.67 bits per heavy atom. The molecular formula is C15H21N3. The van der Waals surface area contributed by atoms with Crippen LogP contribution in [-0.2, 0) is 0 Å². The molecule has 18 heavy (non-hydrogen) atoms. The normalized spacial score (nSPS) is 23.3. The van der Waals surface area contributed by atoms with Gasteiger partial charge in [0.15, 0.2) is 0 Å². The lowest BCUT2D eigenvalue weighted by atomic mass is 9.83. The molecule has 96 valence electrons. The number of nitrogens with zero attached hydrogens (tertiary/aromatic N) is 1. The van der Waals surface area contributed by atoms with E-state index in [1.54, 1.807) is 6.07 Å². The van der Waals surface area contributed by atoms with Crippen molar-refractivity contribution in [1.82, 2.24) is 0 Å². The number of hydrogen-bond acceptors (Lipinski definition) is 3. The molecule has 1 fully saturated rings. The molecule has 0 radical (unpaired) electrons. The molecule has 0 aromatic heterocycles. The van der Waals surface area contributed by atoms with Crippen molar-refractivity contribution in [3.63, 3.8) is 0 Å². The summed E-state index contributed by atoms with van der Waals surface area (Å²) in [7, 11) is 0. The van der Waals surface area contributed by atoms with Crippen molar-refractivity contribution < 1.29 is 0 Å². The lowest BCUT2D eigenvalue weighted by Crippen LogP contribution is -2.20. The van der Waals surface area contributed by atoms with Gasteiger partial charge in [-0.05, 0) is 42.9 Å². The molecule has 3 nitrogen and oxygen atoms in total. The van der Waals surface area contributed by atoms with E-state index in [2.05, 4.69) is 18.3 Å².